The van der Waals surface area contributed by atoms with Gasteiger partial charge in [-0.1, -0.05) is 6.92 Å². The Bertz CT molecular complexity index is 572. The van der Waals surface area contributed by atoms with E-state index in [1.165, 1.54) is 4.88 Å². The Hall–Kier alpha value is -1.88. The highest BCUT2D eigenvalue weighted by Crippen LogP contribution is 2.16. The number of nitrogens with zero attached hydrogens (tertiary/aromatic N) is 1. The zero-order valence-electron chi connectivity index (χ0n) is 11.1. The summed E-state index contributed by atoms with van der Waals surface area (Å²) in [5, 5.41) is 2.90. The Morgan fingerprint density at radius 1 is 1.37 bits per heavy atom. The number of rotatable bonds is 4. The fourth-order valence-electron chi connectivity index (χ4n) is 1.80. The van der Waals surface area contributed by atoms with Crippen LogP contribution in [0.15, 0.2) is 24.3 Å². The van der Waals surface area contributed by atoms with Gasteiger partial charge in [0.1, 0.15) is 5.82 Å². The van der Waals surface area contributed by atoms with Crippen molar-refractivity contribution in [1.82, 2.24) is 10.3 Å². The van der Waals surface area contributed by atoms with Crippen LogP contribution in [0.25, 0.3) is 0 Å². The number of aromatic nitrogens is 1. The second kappa shape index (κ2) is 5.84. The third-order valence-electron chi connectivity index (χ3n) is 2.72. The molecule has 100 valence electrons. The molecule has 1 amide bonds. The molecule has 19 heavy (non-hydrogen) atoms. The number of thiophene rings is 1. The predicted molar refractivity (Wildman–Crippen MR) is 78.3 cm³/mol. The quantitative estimate of drug-likeness (QED) is 0.901. The van der Waals surface area contributed by atoms with E-state index >= 15 is 0 Å². The van der Waals surface area contributed by atoms with E-state index < -0.39 is 0 Å². The van der Waals surface area contributed by atoms with Gasteiger partial charge in [0.25, 0.3) is 5.91 Å². The second-order valence-corrected chi connectivity index (χ2v) is 5.58. The molecule has 0 spiro atoms. The number of hydrogen-bond donors (Lipinski definition) is 2. The number of nitrogen functional groups attached to an aromatic ring is 1. The number of nitrogens with two attached hydrogens (primary N) is 1. The van der Waals surface area contributed by atoms with E-state index in [0.717, 1.165) is 17.0 Å². The molecule has 0 unspecified atom stereocenters. The van der Waals surface area contributed by atoms with E-state index in [-0.39, 0.29) is 5.91 Å². The van der Waals surface area contributed by atoms with Gasteiger partial charge in [-0.3, -0.25) is 4.79 Å². The van der Waals surface area contributed by atoms with Crippen LogP contribution < -0.4 is 11.1 Å². The van der Waals surface area contributed by atoms with E-state index in [2.05, 4.69) is 29.4 Å². The lowest BCUT2D eigenvalue weighted by atomic mass is 10.2. The maximum Gasteiger partial charge on any atom is 0.251 e. The molecule has 2 aromatic rings. The van der Waals surface area contributed by atoms with Crippen molar-refractivity contribution < 1.29 is 4.79 Å². The third kappa shape index (κ3) is 3.54. The molecule has 0 fully saturated rings. The lowest BCUT2D eigenvalue weighted by molar-refractivity contribution is 0.0951. The Morgan fingerprint density at radius 2 is 2.11 bits per heavy atom. The van der Waals surface area contributed by atoms with Gasteiger partial charge in [-0.2, -0.15) is 0 Å². The van der Waals surface area contributed by atoms with Crippen LogP contribution >= 0.6 is 11.3 Å². The average Bonchev–Trinajstić information content (AvgIpc) is 2.82. The minimum atomic E-state index is -0.122. The lowest BCUT2D eigenvalue weighted by Gasteiger charge is -2.05. The zero-order chi connectivity index (χ0) is 13.8. The van der Waals surface area contributed by atoms with E-state index in [4.69, 9.17) is 5.73 Å². The van der Waals surface area contributed by atoms with Crippen molar-refractivity contribution in [3.8, 4) is 0 Å². The summed E-state index contributed by atoms with van der Waals surface area (Å²) < 4.78 is 0. The van der Waals surface area contributed by atoms with Gasteiger partial charge < -0.3 is 11.1 Å². The van der Waals surface area contributed by atoms with Gasteiger partial charge in [0, 0.05) is 21.0 Å². The van der Waals surface area contributed by atoms with Crippen molar-refractivity contribution in [2.45, 2.75) is 26.8 Å². The molecule has 0 aliphatic heterocycles. The molecule has 4 nitrogen and oxygen atoms in total. The first kappa shape index (κ1) is 13.5. The van der Waals surface area contributed by atoms with E-state index in [1.54, 1.807) is 23.5 Å². The number of pyridine rings is 1. The summed E-state index contributed by atoms with van der Waals surface area (Å²) in [6.07, 6.45) is 1.03. The maximum atomic E-state index is 12.0. The van der Waals surface area contributed by atoms with Gasteiger partial charge in [-0.25, -0.2) is 4.98 Å². The average molecular weight is 275 g/mol. The molecule has 0 aromatic carbocycles. The third-order valence-corrected chi connectivity index (χ3v) is 3.95. The standard InChI is InChI=1S/C14H17N3OS/c1-3-11-4-5-12(19-11)8-16-14(18)10-6-9(2)17-13(15)7-10/h4-7H,3,8H2,1-2H3,(H2,15,17)(H,16,18). The first-order valence-corrected chi connectivity index (χ1v) is 7.00. The van der Waals surface area contributed by atoms with Crippen molar-refractivity contribution in [2.24, 2.45) is 0 Å². The van der Waals surface area contributed by atoms with Gasteiger partial charge in [-0.05, 0) is 37.6 Å². The molecule has 0 atom stereocenters. The SMILES string of the molecule is CCc1ccc(CNC(=O)c2cc(C)nc(N)c2)s1. The molecule has 2 aromatic heterocycles. The molecule has 0 aliphatic carbocycles. The molecular formula is C14H17N3OS. The molecule has 3 N–H and O–H groups in total. The van der Waals surface area contributed by atoms with Crippen LogP contribution in [0.4, 0.5) is 5.82 Å². The van der Waals surface area contributed by atoms with Crippen LogP contribution in [0.3, 0.4) is 0 Å². The molecule has 0 radical (unpaired) electrons. The number of carbonyl (C=O) groups excluding carboxylic acids is 1. The van der Waals surface area contributed by atoms with E-state index in [1.807, 2.05) is 6.92 Å². The van der Waals surface area contributed by atoms with Gasteiger partial charge in [0.2, 0.25) is 0 Å². The number of carbonyl (C=O) groups is 1. The largest absolute Gasteiger partial charge is 0.384 e. The normalized spacial score (nSPS) is 10.4. The molecule has 0 bridgehead atoms. The summed E-state index contributed by atoms with van der Waals surface area (Å²) in [6, 6.07) is 7.47. The number of aryl methyl sites for hydroxylation is 2. The van der Waals surface area contributed by atoms with Crippen molar-refractivity contribution >= 4 is 23.1 Å². The Morgan fingerprint density at radius 3 is 2.74 bits per heavy atom. The Kier molecular flexibility index (Phi) is 4.16. The Balaban J connectivity index is 2.00. The highest BCUT2D eigenvalue weighted by Gasteiger charge is 2.08. The monoisotopic (exact) mass is 275 g/mol. The minimum absolute atomic E-state index is 0.122. The fraction of sp³-hybridized carbons (Fsp3) is 0.286. The summed E-state index contributed by atoms with van der Waals surface area (Å²) in [5.41, 5.74) is 6.93. The van der Waals surface area contributed by atoms with Crippen LogP contribution in [0, 0.1) is 6.92 Å². The number of amides is 1. The zero-order valence-corrected chi connectivity index (χ0v) is 11.9. The highest BCUT2D eigenvalue weighted by atomic mass is 32.1. The molecule has 5 heteroatoms. The van der Waals surface area contributed by atoms with Crippen LogP contribution in [0.5, 0.6) is 0 Å². The van der Waals surface area contributed by atoms with Crippen molar-refractivity contribution in [2.75, 3.05) is 5.73 Å². The molecule has 2 heterocycles. The molecule has 2 rings (SSSR count). The van der Waals surface area contributed by atoms with Gasteiger partial charge >= 0.3 is 0 Å². The fourth-order valence-corrected chi connectivity index (χ4v) is 2.70. The molecule has 0 saturated carbocycles. The summed E-state index contributed by atoms with van der Waals surface area (Å²) in [4.78, 5) is 18.5. The maximum absolute atomic E-state index is 12.0. The van der Waals surface area contributed by atoms with Crippen LogP contribution in [0.1, 0.15) is 32.7 Å². The van der Waals surface area contributed by atoms with Crippen LogP contribution in [-0.4, -0.2) is 10.9 Å². The first-order valence-electron chi connectivity index (χ1n) is 6.18. The minimum Gasteiger partial charge on any atom is -0.384 e. The smallest absolute Gasteiger partial charge is 0.251 e. The first-order chi connectivity index (χ1) is 9.08. The van der Waals surface area contributed by atoms with Crippen molar-refractivity contribution in [3.05, 3.63) is 45.3 Å². The molecule has 0 aliphatic rings. The summed E-state index contributed by atoms with van der Waals surface area (Å²) in [5.74, 6) is 0.248. The van der Waals surface area contributed by atoms with Gasteiger partial charge in [-0.15, -0.1) is 11.3 Å². The second-order valence-electron chi connectivity index (χ2n) is 4.33. The summed E-state index contributed by atoms with van der Waals surface area (Å²) >= 11 is 1.72. The number of nitrogens with one attached hydrogen (secondary N) is 1. The number of anilines is 1. The number of hydrogen-bond acceptors (Lipinski definition) is 4. The summed E-state index contributed by atoms with van der Waals surface area (Å²) in [7, 11) is 0. The van der Waals surface area contributed by atoms with E-state index in [0.29, 0.717) is 17.9 Å². The Labute approximate surface area is 116 Å². The van der Waals surface area contributed by atoms with E-state index in [9.17, 15) is 4.79 Å². The van der Waals surface area contributed by atoms with Crippen LogP contribution in [-0.2, 0) is 13.0 Å². The molecule has 0 saturated heterocycles. The van der Waals surface area contributed by atoms with Crippen molar-refractivity contribution in [1.29, 1.82) is 0 Å². The van der Waals surface area contributed by atoms with Gasteiger partial charge in [0.05, 0.1) is 6.54 Å². The highest BCUT2D eigenvalue weighted by molar-refractivity contribution is 7.11. The summed E-state index contributed by atoms with van der Waals surface area (Å²) in [6.45, 7) is 4.49. The topological polar surface area (TPSA) is 68.0 Å². The predicted octanol–water partition coefficient (Wildman–Crippen LogP) is 2.53. The lowest BCUT2D eigenvalue weighted by Crippen LogP contribution is -2.22. The van der Waals surface area contributed by atoms with Crippen LogP contribution in [0.2, 0.25) is 0 Å². The van der Waals surface area contributed by atoms with Crippen molar-refractivity contribution in [3.63, 3.8) is 0 Å². The molecular weight excluding hydrogens is 258 g/mol. The van der Waals surface area contributed by atoms with Gasteiger partial charge in [0.15, 0.2) is 0 Å².